The van der Waals surface area contributed by atoms with Crippen LogP contribution in [0.25, 0.3) is 16.3 Å². The summed E-state index contributed by atoms with van der Waals surface area (Å²) in [6.07, 6.45) is 5.61. The lowest BCUT2D eigenvalue weighted by molar-refractivity contribution is -0.665. The van der Waals surface area contributed by atoms with Crippen LogP contribution in [0.15, 0.2) is 58.0 Å². The molecule has 0 radical (unpaired) electrons. The van der Waals surface area contributed by atoms with Crippen molar-refractivity contribution >= 4 is 68.3 Å². The van der Waals surface area contributed by atoms with Crippen molar-refractivity contribution in [3.05, 3.63) is 83.5 Å². The number of halogens is 2. The SMILES string of the molecule is CCC(/C=C1\Sc2ccc(Cl)cc2N1CC)=C\c1sc2ccc(Cl)cc2[n+]1CC.O=[N+]([O-])[O-]. The van der Waals surface area contributed by atoms with Gasteiger partial charge in [0, 0.05) is 33.6 Å². The van der Waals surface area contributed by atoms with Gasteiger partial charge in [-0.1, -0.05) is 53.2 Å². The van der Waals surface area contributed by atoms with Crippen LogP contribution in [0.1, 0.15) is 32.2 Å². The number of benzene rings is 2. The lowest BCUT2D eigenvalue weighted by Crippen LogP contribution is -2.33. The Morgan fingerprint density at radius 1 is 1.12 bits per heavy atom. The third kappa shape index (κ3) is 6.00. The molecule has 0 amide bonds. The number of thioether (sulfide) groups is 1. The Hall–Kier alpha value is -2.26. The molecule has 0 N–H and O–H groups in total. The monoisotopic (exact) mass is 523 g/mol. The summed E-state index contributed by atoms with van der Waals surface area (Å²) in [5.74, 6) is 0. The molecule has 10 heteroatoms. The molecule has 2 heterocycles. The average molecular weight is 524 g/mol. The predicted molar refractivity (Wildman–Crippen MR) is 140 cm³/mol. The Bertz CT molecular complexity index is 1240. The molecular formula is C23H23Cl2N3O3S2. The minimum Gasteiger partial charge on any atom is -0.356 e. The highest BCUT2D eigenvalue weighted by Crippen LogP contribution is 2.47. The molecule has 0 saturated heterocycles. The van der Waals surface area contributed by atoms with Crippen LogP contribution in [0.3, 0.4) is 0 Å². The van der Waals surface area contributed by atoms with Gasteiger partial charge >= 0.3 is 0 Å². The average Bonchev–Trinajstić information content (AvgIpc) is 3.28. The van der Waals surface area contributed by atoms with Gasteiger partial charge in [-0.25, -0.2) is 0 Å². The molecule has 4 rings (SSSR count). The van der Waals surface area contributed by atoms with Gasteiger partial charge in [-0.15, -0.1) is 0 Å². The number of hydrogen-bond acceptors (Lipinski definition) is 6. The smallest absolute Gasteiger partial charge is 0.263 e. The molecule has 6 nitrogen and oxygen atoms in total. The van der Waals surface area contributed by atoms with Crippen LogP contribution >= 0.6 is 46.3 Å². The fourth-order valence-corrected chi connectivity index (χ4v) is 6.28. The standard InChI is InChI=1S/C23H23Cl2N2S2.NO3/c1-4-15(11-22-26(5-2)18-13-16(24)7-9-20(18)28-22)12-23-27(6-3)19-14-17(25)8-10-21(19)29-23;2-1(3)4/h7-14H,4-6H2,1-3H3;/q+1;-1. The molecule has 0 fully saturated rings. The van der Waals surface area contributed by atoms with Crippen molar-refractivity contribution in [2.24, 2.45) is 0 Å². The molecule has 0 saturated carbocycles. The van der Waals surface area contributed by atoms with Crippen molar-refractivity contribution in [2.75, 3.05) is 11.4 Å². The van der Waals surface area contributed by atoms with Gasteiger partial charge in [0.05, 0.1) is 15.8 Å². The van der Waals surface area contributed by atoms with E-state index in [1.807, 2.05) is 35.2 Å². The number of anilines is 1. The molecule has 0 aliphatic carbocycles. The Kier molecular flexibility index (Phi) is 8.64. The van der Waals surface area contributed by atoms with E-state index in [0.717, 1.165) is 29.6 Å². The Morgan fingerprint density at radius 3 is 2.42 bits per heavy atom. The van der Waals surface area contributed by atoms with Gasteiger partial charge in [-0.05, 0) is 62.2 Å². The zero-order valence-corrected chi connectivity index (χ0v) is 21.5. The highest BCUT2D eigenvalue weighted by molar-refractivity contribution is 8.03. The van der Waals surface area contributed by atoms with Crippen LogP contribution in [0, 0.1) is 15.3 Å². The van der Waals surface area contributed by atoms with Gasteiger partial charge in [-0.2, -0.15) is 4.57 Å². The normalized spacial score (nSPS) is 14.4. The van der Waals surface area contributed by atoms with Crippen LogP contribution in [-0.2, 0) is 6.54 Å². The maximum Gasteiger partial charge on any atom is 0.263 e. The topological polar surface area (TPSA) is 73.3 Å². The molecule has 174 valence electrons. The van der Waals surface area contributed by atoms with E-state index in [1.165, 1.54) is 36.4 Å². The van der Waals surface area contributed by atoms with E-state index in [1.54, 1.807) is 0 Å². The lowest BCUT2D eigenvalue weighted by Gasteiger charge is -2.18. The van der Waals surface area contributed by atoms with Gasteiger partial charge in [-0.3, -0.25) is 0 Å². The van der Waals surface area contributed by atoms with E-state index in [-0.39, 0.29) is 0 Å². The molecule has 0 spiro atoms. The van der Waals surface area contributed by atoms with Crippen molar-refractivity contribution in [3.8, 4) is 0 Å². The van der Waals surface area contributed by atoms with Crippen molar-refractivity contribution in [1.29, 1.82) is 0 Å². The maximum atomic E-state index is 8.25. The summed E-state index contributed by atoms with van der Waals surface area (Å²) in [6.45, 7) is 8.41. The maximum absolute atomic E-state index is 8.25. The Morgan fingerprint density at radius 2 is 1.79 bits per heavy atom. The molecule has 1 aromatic heterocycles. The van der Waals surface area contributed by atoms with E-state index < -0.39 is 5.09 Å². The van der Waals surface area contributed by atoms with Crippen LogP contribution in [0.5, 0.6) is 0 Å². The fourth-order valence-electron chi connectivity index (χ4n) is 3.58. The van der Waals surface area contributed by atoms with Gasteiger partial charge in [0.15, 0.2) is 0 Å². The van der Waals surface area contributed by atoms with Gasteiger partial charge in [0.1, 0.15) is 11.2 Å². The molecule has 2 aromatic carbocycles. The van der Waals surface area contributed by atoms with Gasteiger partial charge < -0.3 is 20.2 Å². The molecule has 0 unspecified atom stereocenters. The Labute approximate surface area is 210 Å². The number of hydrogen-bond donors (Lipinski definition) is 0. The molecule has 1 aliphatic rings. The minimum absolute atomic E-state index is 0.781. The fraction of sp³-hybridized carbons (Fsp3) is 0.261. The van der Waals surface area contributed by atoms with E-state index in [2.05, 4.69) is 66.7 Å². The van der Waals surface area contributed by atoms with E-state index in [4.69, 9.17) is 38.5 Å². The van der Waals surface area contributed by atoms with E-state index in [0.29, 0.717) is 0 Å². The third-order valence-corrected chi connectivity index (χ3v) is 7.74. The van der Waals surface area contributed by atoms with Crippen LogP contribution < -0.4 is 9.47 Å². The molecule has 0 bridgehead atoms. The molecule has 1 aliphatic heterocycles. The second-order valence-electron chi connectivity index (χ2n) is 7.03. The zero-order chi connectivity index (χ0) is 24.1. The summed E-state index contributed by atoms with van der Waals surface area (Å²) < 4.78 is 3.60. The summed E-state index contributed by atoms with van der Waals surface area (Å²) >= 11 is 16.1. The number of nitrogens with zero attached hydrogens (tertiary/aromatic N) is 3. The number of rotatable bonds is 5. The second-order valence-corrected chi connectivity index (χ2v) is 10.0. The molecule has 3 aromatic rings. The summed E-state index contributed by atoms with van der Waals surface area (Å²) in [4.78, 5) is 11.9. The predicted octanol–water partition coefficient (Wildman–Crippen LogP) is 7.54. The first-order valence-electron chi connectivity index (χ1n) is 10.4. The van der Waals surface area contributed by atoms with E-state index >= 15 is 0 Å². The van der Waals surface area contributed by atoms with Crippen LogP contribution in [-0.4, -0.2) is 11.6 Å². The van der Waals surface area contributed by atoms with Gasteiger partial charge in [0.2, 0.25) is 5.52 Å². The third-order valence-electron chi connectivity index (χ3n) is 5.04. The van der Waals surface area contributed by atoms with Crippen LogP contribution in [0.4, 0.5) is 5.69 Å². The number of fused-ring (bicyclic) bond motifs is 2. The van der Waals surface area contributed by atoms with Crippen molar-refractivity contribution in [1.82, 2.24) is 0 Å². The van der Waals surface area contributed by atoms with Crippen molar-refractivity contribution in [3.63, 3.8) is 0 Å². The highest BCUT2D eigenvalue weighted by Gasteiger charge is 2.25. The first-order chi connectivity index (χ1) is 15.8. The van der Waals surface area contributed by atoms with Crippen molar-refractivity contribution in [2.45, 2.75) is 38.6 Å². The lowest BCUT2D eigenvalue weighted by atomic mass is 10.2. The van der Waals surface area contributed by atoms with E-state index in [9.17, 15) is 0 Å². The molecule has 33 heavy (non-hydrogen) atoms. The highest BCUT2D eigenvalue weighted by atomic mass is 35.5. The Balaban J connectivity index is 0.000000709. The summed E-state index contributed by atoms with van der Waals surface area (Å²) in [5.41, 5.74) is 3.71. The molecule has 0 atom stereocenters. The minimum atomic E-state index is -1.75. The molecular weight excluding hydrogens is 501 g/mol. The summed E-state index contributed by atoms with van der Waals surface area (Å²) in [7, 11) is 0. The van der Waals surface area contributed by atoms with Gasteiger partial charge in [0.25, 0.3) is 5.01 Å². The summed E-state index contributed by atoms with van der Waals surface area (Å²) in [6, 6.07) is 12.3. The number of thiazole rings is 1. The largest absolute Gasteiger partial charge is 0.356 e. The first-order valence-corrected chi connectivity index (χ1v) is 12.8. The van der Waals surface area contributed by atoms with Crippen molar-refractivity contribution < 1.29 is 9.65 Å². The quantitative estimate of drug-likeness (QED) is 0.196. The second kappa shape index (κ2) is 11.2. The number of allylic oxidation sites excluding steroid dienone is 2. The summed E-state index contributed by atoms with van der Waals surface area (Å²) in [5, 5.41) is 18.8. The number of aromatic nitrogens is 1. The number of aryl methyl sites for hydroxylation is 1. The van der Waals surface area contributed by atoms with Crippen LogP contribution in [0.2, 0.25) is 10.0 Å². The first kappa shape index (κ1) is 25.4. The zero-order valence-electron chi connectivity index (χ0n) is 18.4.